The minimum atomic E-state index is -0.699. The fraction of sp³-hybridized carbons (Fsp3) is 0.710. The summed E-state index contributed by atoms with van der Waals surface area (Å²) in [5.74, 6) is -0.170. The van der Waals surface area contributed by atoms with Crippen LogP contribution in [0.25, 0.3) is 0 Å². The first-order valence-electron chi connectivity index (χ1n) is 14.3. The molecule has 1 unspecified atom stereocenters. The number of aliphatic hydroxyl groups excluding tert-OH is 1. The van der Waals surface area contributed by atoms with Crippen molar-refractivity contribution in [1.82, 2.24) is 5.32 Å². The number of phenols is 1. The quantitative estimate of drug-likeness (QED) is 0.0957. The Morgan fingerprint density at radius 1 is 0.944 bits per heavy atom. The first-order valence-corrected chi connectivity index (χ1v) is 14.3. The van der Waals surface area contributed by atoms with E-state index in [1.165, 1.54) is 57.8 Å². The Balaban J connectivity index is 2.12. The third-order valence-corrected chi connectivity index (χ3v) is 6.35. The van der Waals surface area contributed by atoms with Crippen molar-refractivity contribution in [3.8, 4) is 5.75 Å². The van der Waals surface area contributed by atoms with Crippen LogP contribution in [0, 0.1) is 0 Å². The zero-order valence-electron chi connectivity index (χ0n) is 23.5. The summed E-state index contributed by atoms with van der Waals surface area (Å²) < 4.78 is 5.37. The highest BCUT2D eigenvalue weighted by atomic mass is 16.5. The molecule has 0 aromatic heterocycles. The van der Waals surface area contributed by atoms with Crippen molar-refractivity contribution < 1.29 is 19.7 Å². The Morgan fingerprint density at radius 2 is 1.53 bits per heavy atom. The van der Waals surface area contributed by atoms with E-state index < -0.39 is 6.10 Å². The number of nitrogens with one attached hydrogen (secondary N) is 1. The number of aromatic hydroxyl groups is 1. The smallest absolute Gasteiger partial charge is 0.306 e. The molecule has 36 heavy (non-hydrogen) atoms. The maximum Gasteiger partial charge on any atom is 0.306 e. The Morgan fingerprint density at radius 3 is 2.14 bits per heavy atom. The van der Waals surface area contributed by atoms with E-state index in [1.54, 1.807) is 18.2 Å². The van der Waals surface area contributed by atoms with Gasteiger partial charge in [0.05, 0.1) is 6.10 Å². The van der Waals surface area contributed by atoms with Crippen molar-refractivity contribution >= 4 is 5.97 Å². The second kappa shape index (κ2) is 19.3. The highest BCUT2D eigenvalue weighted by molar-refractivity contribution is 5.69. The lowest BCUT2D eigenvalue weighted by Gasteiger charge is -2.23. The Hall–Kier alpha value is -1.85. The second-order valence-corrected chi connectivity index (χ2v) is 11.0. The fourth-order valence-corrected chi connectivity index (χ4v) is 4.02. The van der Waals surface area contributed by atoms with Crippen LogP contribution in [0.3, 0.4) is 0 Å². The number of unbranched alkanes of at least 4 members (excludes halogenated alkanes) is 11. The largest absolute Gasteiger partial charge is 0.508 e. The first kappa shape index (κ1) is 32.2. The van der Waals surface area contributed by atoms with Crippen molar-refractivity contribution in [2.45, 2.75) is 136 Å². The minimum absolute atomic E-state index is 0.0169. The second-order valence-electron chi connectivity index (χ2n) is 11.0. The molecule has 1 atom stereocenters. The summed E-state index contributed by atoms with van der Waals surface area (Å²) in [7, 11) is 0. The number of benzene rings is 1. The van der Waals surface area contributed by atoms with Crippen molar-refractivity contribution in [3.63, 3.8) is 0 Å². The molecule has 3 N–H and O–H groups in total. The molecule has 0 saturated carbocycles. The van der Waals surface area contributed by atoms with Crippen molar-refractivity contribution in [2.75, 3.05) is 6.54 Å². The molecule has 0 bridgehead atoms. The van der Waals surface area contributed by atoms with Crippen LogP contribution in [0.4, 0.5) is 0 Å². The van der Waals surface area contributed by atoms with E-state index in [1.807, 2.05) is 20.8 Å². The van der Waals surface area contributed by atoms with Gasteiger partial charge in [-0.1, -0.05) is 76.5 Å². The molecule has 0 aliphatic heterocycles. The maximum absolute atomic E-state index is 12.1. The van der Waals surface area contributed by atoms with Crippen LogP contribution in [-0.2, 0) is 16.1 Å². The predicted octanol–water partition coefficient (Wildman–Crippen LogP) is 7.89. The van der Waals surface area contributed by atoms with Gasteiger partial charge in [-0.05, 0) is 70.6 Å². The van der Waals surface area contributed by atoms with Gasteiger partial charge in [-0.15, -0.1) is 0 Å². The lowest BCUT2D eigenvalue weighted by atomic mass is 10.0. The van der Waals surface area contributed by atoms with Gasteiger partial charge in [0.2, 0.25) is 0 Å². The summed E-state index contributed by atoms with van der Waals surface area (Å²) in [6, 6.07) is 4.95. The van der Waals surface area contributed by atoms with E-state index in [0.717, 1.165) is 25.7 Å². The number of hydrogen-bond donors (Lipinski definition) is 3. The van der Waals surface area contributed by atoms with E-state index >= 15 is 0 Å². The van der Waals surface area contributed by atoms with Gasteiger partial charge in [-0.3, -0.25) is 4.79 Å². The number of ether oxygens (including phenoxy) is 1. The zero-order chi connectivity index (χ0) is 26.7. The molecule has 0 fully saturated rings. The first-order chi connectivity index (χ1) is 17.2. The number of aliphatic hydroxyl groups is 1. The van der Waals surface area contributed by atoms with Gasteiger partial charge < -0.3 is 20.3 Å². The summed E-state index contributed by atoms with van der Waals surface area (Å²) in [5.41, 5.74) is 1.10. The number of carbonyl (C=O) groups excluding carboxylic acids is 1. The molecular weight excluding hydrogens is 450 g/mol. The number of esters is 1. The number of rotatable bonds is 20. The topological polar surface area (TPSA) is 78.8 Å². The van der Waals surface area contributed by atoms with Gasteiger partial charge >= 0.3 is 5.97 Å². The average molecular weight is 504 g/mol. The molecule has 1 aromatic rings. The molecule has 1 aromatic carbocycles. The summed E-state index contributed by atoms with van der Waals surface area (Å²) in [4.78, 5) is 12.1. The number of β-amino-alcohol motifs (C(OH)–C–C–N with tert-alkyl or cyclic N) is 1. The summed E-state index contributed by atoms with van der Waals surface area (Å²) in [6.45, 7) is 8.80. The third kappa shape index (κ3) is 16.8. The fourth-order valence-electron chi connectivity index (χ4n) is 4.02. The average Bonchev–Trinajstić information content (AvgIpc) is 2.84. The van der Waals surface area contributed by atoms with E-state index in [9.17, 15) is 15.0 Å². The minimum Gasteiger partial charge on any atom is -0.508 e. The normalized spacial score (nSPS) is 12.8. The van der Waals surface area contributed by atoms with E-state index in [2.05, 4.69) is 24.4 Å². The van der Waals surface area contributed by atoms with Crippen LogP contribution >= 0.6 is 0 Å². The van der Waals surface area contributed by atoms with Crippen LogP contribution in [0.5, 0.6) is 5.75 Å². The van der Waals surface area contributed by atoms with Crippen LogP contribution < -0.4 is 5.32 Å². The SMILES string of the molecule is CCCCCCCC/C=C\CCCCCCCC(=O)OCc1cc(C(O)CNC(C)(C)C)ccc1O. The van der Waals surface area contributed by atoms with E-state index in [-0.39, 0.29) is 23.9 Å². The molecule has 0 heterocycles. The Bertz CT molecular complexity index is 739. The molecule has 0 aliphatic rings. The number of allylic oxidation sites excluding steroid dienone is 2. The van der Waals surface area contributed by atoms with Gasteiger partial charge in [-0.2, -0.15) is 0 Å². The molecule has 206 valence electrons. The van der Waals surface area contributed by atoms with Gasteiger partial charge in [0, 0.05) is 24.1 Å². The predicted molar refractivity (Wildman–Crippen MR) is 150 cm³/mol. The molecule has 0 aliphatic carbocycles. The molecule has 0 radical (unpaired) electrons. The summed E-state index contributed by atoms with van der Waals surface area (Å²) >= 11 is 0. The Kier molecular flexibility index (Phi) is 17.2. The van der Waals surface area contributed by atoms with Crippen molar-refractivity contribution in [2.24, 2.45) is 0 Å². The van der Waals surface area contributed by atoms with Crippen LogP contribution in [0.1, 0.15) is 135 Å². The van der Waals surface area contributed by atoms with Gasteiger partial charge in [-0.25, -0.2) is 0 Å². The highest BCUT2D eigenvalue weighted by Gasteiger charge is 2.15. The molecule has 1 rings (SSSR count). The lowest BCUT2D eigenvalue weighted by Crippen LogP contribution is -2.38. The van der Waals surface area contributed by atoms with E-state index in [4.69, 9.17) is 4.74 Å². The zero-order valence-corrected chi connectivity index (χ0v) is 23.5. The number of phenolic OH excluding ortho intramolecular Hbond substituents is 1. The molecule has 0 amide bonds. The standard InChI is InChI=1S/C31H53NO4/c1-5-6-7-8-9-10-11-12-13-14-15-16-17-18-19-20-30(35)36-25-27-23-26(21-22-28(27)33)29(34)24-32-31(2,3)4/h12-13,21-23,29,32-34H,5-11,14-20,24-25H2,1-4H3/b13-12-. The van der Waals surface area contributed by atoms with Crippen LogP contribution in [-0.4, -0.2) is 28.3 Å². The van der Waals surface area contributed by atoms with Gasteiger partial charge in [0.15, 0.2) is 0 Å². The Labute approximate surface area is 220 Å². The monoisotopic (exact) mass is 503 g/mol. The summed E-state index contributed by atoms with van der Waals surface area (Å²) in [5, 5.41) is 23.8. The van der Waals surface area contributed by atoms with Gasteiger partial charge in [0.1, 0.15) is 12.4 Å². The van der Waals surface area contributed by atoms with Crippen LogP contribution in [0.15, 0.2) is 30.4 Å². The molecular formula is C31H53NO4. The van der Waals surface area contributed by atoms with Gasteiger partial charge in [0.25, 0.3) is 0 Å². The molecule has 0 saturated heterocycles. The highest BCUT2D eigenvalue weighted by Crippen LogP contribution is 2.24. The van der Waals surface area contributed by atoms with Crippen LogP contribution in [0.2, 0.25) is 0 Å². The molecule has 5 heteroatoms. The lowest BCUT2D eigenvalue weighted by molar-refractivity contribution is -0.145. The number of hydrogen-bond acceptors (Lipinski definition) is 5. The molecule has 0 spiro atoms. The maximum atomic E-state index is 12.1. The van der Waals surface area contributed by atoms with Crippen molar-refractivity contribution in [1.29, 1.82) is 0 Å². The molecule has 5 nitrogen and oxygen atoms in total. The summed E-state index contributed by atoms with van der Waals surface area (Å²) in [6.07, 6.45) is 20.3. The number of carbonyl (C=O) groups is 1. The van der Waals surface area contributed by atoms with Crippen molar-refractivity contribution in [3.05, 3.63) is 41.5 Å². The van der Waals surface area contributed by atoms with E-state index in [0.29, 0.717) is 24.1 Å². The third-order valence-electron chi connectivity index (χ3n) is 6.35.